The molecule has 0 fully saturated rings. The largest absolute Gasteiger partial charge is 0.469 e. The SMILES string of the molecule is COC(=O)Cc1nc(CCl)cc(C(F)F)c1F. The predicted octanol–water partition coefficient (Wildman–Crippen LogP) is 2.61. The van der Waals surface area contributed by atoms with E-state index in [-0.39, 0.29) is 17.3 Å². The van der Waals surface area contributed by atoms with E-state index < -0.39 is 30.2 Å². The van der Waals surface area contributed by atoms with Gasteiger partial charge >= 0.3 is 5.97 Å². The van der Waals surface area contributed by atoms with Crippen molar-refractivity contribution >= 4 is 17.6 Å². The van der Waals surface area contributed by atoms with Crippen LogP contribution in [0.15, 0.2) is 6.07 Å². The lowest BCUT2D eigenvalue weighted by Crippen LogP contribution is -2.11. The Morgan fingerprint density at radius 1 is 1.59 bits per heavy atom. The fraction of sp³-hybridized carbons (Fsp3) is 0.400. The van der Waals surface area contributed by atoms with Crippen LogP contribution in [0, 0.1) is 5.82 Å². The van der Waals surface area contributed by atoms with E-state index in [1.165, 1.54) is 0 Å². The number of halogens is 4. The van der Waals surface area contributed by atoms with Crippen LogP contribution in [0.3, 0.4) is 0 Å². The van der Waals surface area contributed by atoms with Crippen molar-refractivity contribution in [2.24, 2.45) is 0 Å². The summed E-state index contributed by atoms with van der Waals surface area (Å²) in [5.41, 5.74) is -1.11. The van der Waals surface area contributed by atoms with E-state index in [1.54, 1.807) is 0 Å². The summed E-state index contributed by atoms with van der Waals surface area (Å²) in [5.74, 6) is -2.10. The summed E-state index contributed by atoms with van der Waals surface area (Å²) in [6, 6.07) is 0.883. The number of pyridine rings is 1. The van der Waals surface area contributed by atoms with E-state index in [9.17, 15) is 18.0 Å². The van der Waals surface area contributed by atoms with Gasteiger partial charge in [-0.05, 0) is 6.07 Å². The minimum Gasteiger partial charge on any atom is -0.469 e. The quantitative estimate of drug-likeness (QED) is 0.622. The van der Waals surface area contributed by atoms with Crippen LogP contribution in [-0.4, -0.2) is 18.1 Å². The fourth-order valence-corrected chi connectivity index (χ4v) is 1.35. The molecule has 1 heterocycles. The Kier molecular flexibility index (Phi) is 4.74. The van der Waals surface area contributed by atoms with Gasteiger partial charge in [0, 0.05) is 0 Å². The molecule has 0 aliphatic carbocycles. The van der Waals surface area contributed by atoms with Crippen molar-refractivity contribution in [1.29, 1.82) is 0 Å². The number of hydrogen-bond donors (Lipinski definition) is 0. The highest BCUT2D eigenvalue weighted by Gasteiger charge is 2.21. The van der Waals surface area contributed by atoms with Crippen LogP contribution in [0.5, 0.6) is 0 Å². The zero-order chi connectivity index (χ0) is 13.0. The lowest BCUT2D eigenvalue weighted by Gasteiger charge is -2.08. The first-order chi connectivity index (χ1) is 7.99. The van der Waals surface area contributed by atoms with Gasteiger partial charge in [-0.25, -0.2) is 13.2 Å². The van der Waals surface area contributed by atoms with E-state index in [4.69, 9.17) is 11.6 Å². The van der Waals surface area contributed by atoms with Gasteiger partial charge in [0.15, 0.2) is 5.82 Å². The molecule has 1 aromatic heterocycles. The van der Waals surface area contributed by atoms with Crippen molar-refractivity contribution in [1.82, 2.24) is 4.98 Å². The van der Waals surface area contributed by atoms with Crippen LogP contribution in [0.2, 0.25) is 0 Å². The molecular formula is C10H9ClF3NO2. The first-order valence-electron chi connectivity index (χ1n) is 4.58. The number of ether oxygens (including phenoxy) is 1. The number of carbonyl (C=O) groups excluding carboxylic acids is 1. The molecule has 0 N–H and O–H groups in total. The number of aromatic nitrogens is 1. The van der Waals surface area contributed by atoms with E-state index in [0.717, 1.165) is 13.2 Å². The second-order valence-electron chi connectivity index (χ2n) is 3.15. The summed E-state index contributed by atoms with van der Waals surface area (Å²) in [6.45, 7) is 0. The summed E-state index contributed by atoms with van der Waals surface area (Å²) in [4.78, 5) is 14.6. The number of carbonyl (C=O) groups is 1. The fourth-order valence-electron chi connectivity index (χ4n) is 1.22. The van der Waals surface area contributed by atoms with Crippen molar-refractivity contribution in [3.05, 3.63) is 28.8 Å². The highest BCUT2D eigenvalue weighted by Crippen LogP contribution is 2.25. The summed E-state index contributed by atoms with van der Waals surface area (Å²) in [7, 11) is 1.11. The van der Waals surface area contributed by atoms with Crippen molar-refractivity contribution < 1.29 is 22.7 Å². The first-order valence-corrected chi connectivity index (χ1v) is 5.12. The van der Waals surface area contributed by atoms with Crippen LogP contribution in [-0.2, 0) is 21.8 Å². The third-order valence-electron chi connectivity index (χ3n) is 2.02. The monoisotopic (exact) mass is 267 g/mol. The minimum absolute atomic E-state index is 0.0854. The molecule has 0 spiro atoms. The van der Waals surface area contributed by atoms with Gasteiger partial charge in [-0.15, -0.1) is 11.6 Å². The Balaban J connectivity index is 3.19. The number of rotatable bonds is 4. The van der Waals surface area contributed by atoms with Gasteiger partial charge in [0.1, 0.15) is 0 Å². The second-order valence-corrected chi connectivity index (χ2v) is 3.42. The predicted molar refractivity (Wildman–Crippen MR) is 54.4 cm³/mol. The molecule has 0 unspecified atom stereocenters. The number of nitrogens with zero attached hydrogens (tertiary/aromatic N) is 1. The molecule has 7 heteroatoms. The maximum atomic E-state index is 13.5. The highest BCUT2D eigenvalue weighted by molar-refractivity contribution is 6.16. The topological polar surface area (TPSA) is 39.2 Å². The zero-order valence-corrected chi connectivity index (χ0v) is 9.60. The molecule has 94 valence electrons. The molecule has 0 aromatic carbocycles. The van der Waals surface area contributed by atoms with E-state index >= 15 is 0 Å². The summed E-state index contributed by atoms with van der Waals surface area (Å²) in [5, 5.41) is 0. The maximum absolute atomic E-state index is 13.5. The Hall–Kier alpha value is -1.30. The first kappa shape index (κ1) is 13.8. The number of methoxy groups -OCH3 is 1. The Morgan fingerprint density at radius 2 is 2.24 bits per heavy atom. The summed E-state index contributed by atoms with van der Waals surface area (Å²) >= 11 is 5.45. The minimum atomic E-state index is -2.99. The average molecular weight is 268 g/mol. The molecule has 0 aliphatic heterocycles. The number of esters is 1. The normalized spacial score (nSPS) is 10.7. The molecule has 1 aromatic rings. The summed E-state index contributed by atoms with van der Waals surface area (Å²) in [6.07, 6.45) is -3.50. The zero-order valence-electron chi connectivity index (χ0n) is 8.84. The van der Waals surface area contributed by atoms with Gasteiger partial charge < -0.3 is 4.74 Å². The molecule has 0 saturated heterocycles. The van der Waals surface area contributed by atoms with Crippen LogP contribution in [0.1, 0.15) is 23.4 Å². The van der Waals surface area contributed by atoms with Crippen molar-refractivity contribution in [2.75, 3.05) is 7.11 Å². The van der Waals surface area contributed by atoms with Crippen molar-refractivity contribution in [2.45, 2.75) is 18.7 Å². The molecule has 0 radical (unpaired) electrons. The molecule has 1 rings (SSSR count). The molecular weight excluding hydrogens is 259 g/mol. The van der Waals surface area contributed by atoms with Gasteiger partial charge in [-0.3, -0.25) is 9.78 Å². The molecule has 0 aliphatic rings. The Labute approximate surface area is 101 Å². The van der Waals surface area contributed by atoms with Crippen LogP contribution < -0.4 is 0 Å². The van der Waals surface area contributed by atoms with Gasteiger partial charge in [0.2, 0.25) is 0 Å². The van der Waals surface area contributed by atoms with E-state index in [2.05, 4.69) is 9.72 Å². The van der Waals surface area contributed by atoms with Crippen molar-refractivity contribution in [3.63, 3.8) is 0 Å². The smallest absolute Gasteiger partial charge is 0.311 e. The van der Waals surface area contributed by atoms with Gasteiger partial charge in [0.05, 0.1) is 36.4 Å². The van der Waals surface area contributed by atoms with Crippen LogP contribution >= 0.6 is 11.6 Å². The molecule has 17 heavy (non-hydrogen) atoms. The Bertz CT molecular complexity index is 426. The van der Waals surface area contributed by atoms with Gasteiger partial charge in [-0.2, -0.15) is 0 Å². The second kappa shape index (κ2) is 5.86. The number of hydrogen-bond acceptors (Lipinski definition) is 3. The average Bonchev–Trinajstić information content (AvgIpc) is 2.31. The molecule has 0 atom stereocenters. The Morgan fingerprint density at radius 3 is 2.71 bits per heavy atom. The lowest BCUT2D eigenvalue weighted by molar-refractivity contribution is -0.139. The molecule has 0 amide bonds. The summed E-state index contributed by atoms with van der Waals surface area (Å²) < 4.78 is 42.9. The molecule has 3 nitrogen and oxygen atoms in total. The van der Waals surface area contributed by atoms with E-state index in [1.807, 2.05) is 0 Å². The molecule has 0 saturated carbocycles. The number of alkyl halides is 3. The van der Waals surface area contributed by atoms with E-state index in [0.29, 0.717) is 0 Å². The van der Waals surface area contributed by atoms with Crippen LogP contribution in [0.4, 0.5) is 13.2 Å². The maximum Gasteiger partial charge on any atom is 0.311 e. The van der Waals surface area contributed by atoms with Crippen LogP contribution in [0.25, 0.3) is 0 Å². The van der Waals surface area contributed by atoms with Gasteiger partial charge in [0.25, 0.3) is 6.43 Å². The van der Waals surface area contributed by atoms with Crippen molar-refractivity contribution in [3.8, 4) is 0 Å². The lowest BCUT2D eigenvalue weighted by atomic mass is 10.1. The van der Waals surface area contributed by atoms with Gasteiger partial charge in [-0.1, -0.05) is 0 Å². The molecule has 0 bridgehead atoms. The third-order valence-corrected chi connectivity index (χ3v) is 2.29. The third kappa shape index (κ3) is 3.33. The highest BCUT2D eigenvalue weighted by atomic mass is 35.5. The standard InChI is InChI=1S/C10H9ClF3NO2/c1-17-8(16)3-7-9(12)6(10(13)14)2-5(4-11)15-7/h2,10H,3-4H2,1H3.